The molecule has 0 aromatic carbocycles. The molecule has 4 heteroatoms. The number of amides is 1. The van der Waals surface area contributed by atoms with Crippen LogP contribution in [-0.2, 0) is 4.79 Å². The van der Waals surface area contributed by atoms with Gasteiger partial charge < -0.3 is 10.4 Å². The van der Waals surface area contributed by atoms with Gasteiger partial charge in [0.1, 0.15) is 5.25 Å². The van der Waals surface area contributed by atoms with Gasteiger partial charge in [-0.3, -0.25) is 4.79 Å². The Kier molecular flexibility index (Phi) is 2.56. The fourth-order valence-electron chi connectivity index (χ4n) is 0.895. The van der Waals surface area contributed by atoms with E-state index in [4.69, 9.17) is 5.11 Å². The lowest BCUT2D eigenvalue weighted by molar-refractivity contribution is -0.122. The Morgan fingerprint density at radius 3 is 3.00 bits per heavy atom. The predicted molar refractivity (Wildman–Crippen MR) is 40.9 cm³/mol. The Balaban J connectivity index is 2.48. The number of aliphatic hydroxyl groups excluding tert-OH is 1. The molecular formula is C6H11NO2S. The van der Waals surface area contributed by atoms with E-state index in [0.29, 0.717) is 0 Å². The summed E-state index contributed by atoms with van der Waals surface area (Å²) in [6.45, 7) is 2.37. The maximum Gasteiger partial charge on any atom is 0.235 e. The quantitative estimate of drug-likeness (QED) is 0.550. The monoisotopic (exact) mass is 161 g/mol. The van der Waals surface area contributed by atoms with Crippen molar-refractivity contribution in [3.8, 4) is 0 Å². The van der Waals surface area contributed by atoms with E-state index in [1.54, 1.807) is 6.92 Å². The molecule has 1 saturated heterocycles. The normalized spacial score (nSPS) is 29.4. The number of hydrogen-bond donors (Lipinski definition) is 2. The average Bonchev–Trinajstić information content (AvgIpc) is 1.88. The topological polar surface area (TPSA) is 49.3 Å². The van der Waals surface area contributed by atoms with Gasteiger partial charge in [0, 0.05) is 12.3 Å². The fourth-order valence-corrected chi connectivity index (χ4v) is 1.88. The molecular weight excluding hydrogens is 150 g/mol. The summed E-state index contributed by atoms with van der Waals surface area (Å²) in [6.07, 6.45) is -0.537. The molecule has 2 N–H and O–H groups in total. The molecule has 0 aliphatic carbocycles. The lowest BCUT2D eigenvalue weighted by Gasteiger charge is -2.23. The largest absolute Gasteiger partial charge is 0.392 e. The molecule has 0 aromatic heterocycles. The highest BCUT2D eigenvalue weighted by atomic mass is 32.2. The Hall–Kier alpha value is -0.220. The molecule has 0 saturated carbocycles. The van der Waals surface area contributed by atoms with Crippen molar-refractivity contribution in [3.05, 3.63) is 0 Å². The van der Waals surface area contributed by atoms with E-state index in [1.807, 2.05) is 0 Å². The maximum atomic E-state index is 10.9. The van der Waals surface area contributed by atoms with Crippen molar-refractivity contribution < 1.29 is 9.90 Å². The summed E-state index contributed by atoms with van der Waals surface area (Å²) in [5.74, 6) is 0.868. The van der Waals surface area contributed by atoms with Crippen LogP contribution in [0.2, 0.25) is 0 Å². The molecule has 58 valence electrons. The number of aliphatic hydroxyl groups is 1. The van der Waals surface area contributed by atoms with Crippen molar-refractivity contribution in [1.82, 2.24) is 5.32 Å². The number of thioether (sulfide) groups is 1. The minimum absolute atomic E-state index is 0.0359. The van der Waals surface area contributed by atoms with Gasteiger partial charge in [-0.15, -0.1) is 11.8 Å². The van der Waals surface area contributed by atoms with Crippen molar-refractivity contribution in [2.24, 2.45) is 0 Å². The third kappa shape index (κ3) is 1.64. The highest BCUT2D eigenvalue weighted by Gasteiger charge is 2.26. The highest BCUT2D eigenvalue weighted by Crippen LogP contribution is 2.17. The van der Waals surface area contributed by atoms with Crippen LogP contribution in [0.25, 0.3) is 0 Å². The Morgan fingerprint density at radius 2 is 2.60 bits per heavy atom. The van der Waals surface area contributed by atoms with E-state index in [1.165, 1.54) is 11.8 Å². The summed E-state index contributed by atoms with van der Waals surface area (Å²) in [5, 5.41) is 11.5. The second-order valence-corrected chi connectivity index (χ2v) is 3.57. The zero-order valence-electron chi connectivity index (χ0n) is 5.83. The number of hydrogen-bond acceptors (Lipinski definition) is 3. The second-order valence-electron chi connectivity index (χ2n) is 2.32. The van der Waals surface area contributed by atoms with Gasteiger partial charge in [-0.05, 0) is 6.92 Å². The maximum absolute atomic E-state index is 10.9. The summed E-state index contributed by atoms with van der Waals surface area (Å²) in [7, 11) is 0. The van der Waals surface area contributed by atoms with E-state index in [-0.39, 0.29) is 11.2 Å². The van der Waals surface area contributed by atoms with Crippen LogP contribution >= 0.6 is 11.8 Å². The molecule has 1 amide bonds. The molecule has 0 spiro atoms. The number of nitrogens with one attached hydrogen (secondary N) is 1. The summed E-state index contributed by atoms with van der Waals surface area (Å²) >= 11 is 1.52. The van der Waals surface area contributed by atoms with Gasteiger partial charge in [-0.1, -0.05) is 0 Å². The van der Waals surface area contributed by atoms with Gasteiger partial charge in [0.15, 0.2) is 0 Å². The molecule has 0 bridgehead atoms. The van der Waals surface area contributed by atoms with Crippen molar-refractivity contribution in [1.29, 1.82) is 0 Å². The van der Waals surface area contributed by atoms with Gasteiger partial charge in [-0.25, -0.2) is 0 Å². The molecule has 0 radical (unpaired) electrons. The van der Waals surface area contributed by atoms with Crippen LogP contribution in [0.3, 0.4) is 0 Å². The minimum atomic E-state index is -0.537. The van der Waals surface area contributed by atoms with Crippen LogP contribution < -0.4 is 5.32 Å². The average molecular weight is 161 g/mol. The first-order valence-electron chi connectivity index (χ1n) is 3.29. The molecule has 0 aromatic rings. The molecule has 2 atom stereocenters. The molecule has 0 unspecified atom stereocenters. The van der Waals surface area contributed by atoms with Crippen molar-refractivity contribution >= 4 is 17.7 Å². The Labute approximate surface area is 64.2 Å². The van der Waals surface area contributed by atoms with Crippen LogP contribution in [0.15, 0.2) is 0 Å². The van der Waals surface area contributed by atoms with Gasteiger partial charge in [0.2, 0.25) is 5.91 Å². The van der Waals surface area contributed by atoms with Crippen LogP contribution in [0.5, 0.6) is 0 Å². The molecule has 3 nitrogen and oxygen atoms in total. The lowest BCUT2D eigenvalue weighted by atomic mass is 10.2. The third-order valence-corrected chi connectivity index (χ3v) is 2.80. The van der Waals surface area contributed by atoms with Crippen LogP contribution in [0, 0.1) is 0 Å². The van der Waals surface area contributed by atoms with Gasteiger partial charge >= 0.3 is 0 Å². The van der Waals surface area contributed by atoms with Crippen molar-refractivity contribution in [2.45, 2.75) is 18.3 Å². The number of carbonyl (C=O) groups excluding carboxylic acids is 1. The SMILES string of the molecule is C[C@H](O)[C@H]1SCCNC1=O. The van der Waals surface area contributed by atoms with E-state index in [2.05, 4.69) is 5.32 Å². The summed E-state index contributed by atoms with van der Waals surface area (Å²) in [5.41, 5.74) is 0. The second kappa shape index (κ2) is 3.25. The zero-order chi connectivity index (χ0) is 7.56. The minimum Gasteiger partial charge on any atom is -0.392 e. The third-order valence-electron chi connectivity index (χ3n) is 1.40. The zero-order valence-corrected chi connectivity index (χ0v) is 6.65. The first kappa shape index (κ1) is 7.88. The molecule has 10 heavy (non-hydrogen) atoms. The van der Waals surface area contributed by atoms with E-state index >= 15 is 0 Å². The Bertz CT molecular complexity index is 138. The molecule has 1 heterocycles. The van der Waals surface area contributed by atoms with E-state index in [9.17, 15) is 4.79 Å². The van der Waals surface area contributed by atoms with E-state index < -0.39 is 6.10 Å². The van der Waals surface area contributed by atoms with Gasteiger partial charge in [0.05, 0.1) is 6.10 Å². The number of rotatable bonds is 1. The van der Waals surface area contributed by atoms with Crippen molar-refractivity contribution in [3.63, 3.8) is 0 Å². The summed E-state index contributed by atoms with van der Waals surface area (Å²) in [4.78, 5) is 10.9. The highest BCUT2D eigenvalue weighted by molar-refractivity contribution is 8.00. The molecule has 1 rings (SSSR count). The molecule has 1 aliphatic rings. The number of carbonyl (C=O) groups is 1. The summed E-state index contributed by atoms with van der Waals surface area (Å²) < 4.78 is 0. The Morgan fingerprint density at radius 1 is 1.90 bits per heavy atom. The van der Waals surface area contributed by atoms with Crippen LogP contribution in [0.4, 0.5) is 0 Å². The predicted octanol–water partition coefficient (Wildman–Crippen LogP) is -0.401. The summed E-state index contributed by atoms with van der Waals surface area (Å²) in [6, 6.07) is 0. The fraction of sp³-hybridized carbons (Fsp3) is 0.833. The van der Waals surface area contributed by atoms with Gasteiger partial charge in [-0.2, -0.15) is 0 Å². The van der Waals surface area contributed by atoms with Gasteiger partial charge in [0.25, 0.3) is 0 Å². The van der Waals surface area contributed by atoms with E-state index in [0.717, 1.165) is 12.3 Å². The standard InChI is InChI=1S/C6H11NO2S/c1-4(8)5-6(9)7-2-3-10-5/h4-5,8H,2-3H2,1H3,(H,7,9)/t4-,5+/m0/s1. The first-order valence-corrected chi connectivity index (χ1v) is 4.34. The van der Waals surface area contributed by atoms with Crippen LogP contribution in [-0.4, -0.2) is 34.7 Å². The first-order chi connectivity index (χ1) is 4.72. The van der Waals surface area contributed by atoms with Crippen LogP contribution in [0.1, 0.15) is 6.92 Å². The lowest BCUT2D eigenvalue weighted by Crippen LogP contribution is -2.44. The van der Waals surface area contributed by atoms with Crippen molar-refractivity contribution in [2.75, 3.05) is 12.3 Å². The molecule has 1 aliphatic heterocycles. The smallest absolute Gasteiger partial charge is 0.235 e. The molecule has 1 fully saturated rings.